The van der Waals surface area contributed by atoms with Crippen molar-refractivity contribution in [3.8, 4) is 0 Å². The zero-order chi connectivity index (χ0) is 5.11. The van der Waals surface area contributed by atoms with Gasteiger partial charge in [0.25, 0.3) is 0 Å². The predicted octanol–water partition coefficient (Wildman–Crippen LogP) is 0.821. The van der Waals surface area contributed by atoms with E-state index in [0.717, 1.165) is 6.07 Å². The van der Waals surface area contributed by atoms with Crippen molar-refractivity contribution >= 4 is 0 Å². The summed E-state index contributed by atoms with van der Waals surface area (Å²) >= 11 is 0. The molecule has 0 amide bonds. The summed E-state index contributed by atoms with van der Waals surface area (Å²) in [5, 5.41) is 0. The largest absolute Gasteiger partial charge is 0.218 e. The van der Waals surface area contributed by atoms with Crippen molar-refractivity contribution < 1.29 is 4.39 Å². The molecule has 0 N–H and O–H groups in total. The Labute approximate surface area is 40.8 Å². The zero-order valence-corrected chi connectivity index (χ0v) is 3.48. The van der Waals surface area contributed by atoms with E-state index in [-0.39, 0.29) is 0 Å². The Morgan fingerprint density at radius 3 is 2.86 bits per heavy atom. The topological polar surface area (TPSA) is 12.9 Å². The fourth-order valence-corrected chi connectivity index (χ4v) is 0.274. The molecule has 0 bridgehead atoms. The molecule has 2 heteroatoms. The van der Waals surface area contributed by atoms with Crippen LogP contribution in [0.4, 0.5) is 4.39 Å². The molecule has 0 fully saturated rings. The van der Waals surface area contributed by atoms with Crippen LogP contribution in [0.15, 0.2) is 12.1 Å². The lowest BCUT2D eigenvalue weighted by molar-refractivity contribution is 0.582. The third-order valence-corrected chi connectivity index (χ3v) is 0.522. The second kappa shape index (κ2) is 1.69. The van der Waals surface area contributed by atoms with Gasteiger partial charge in [0.05, 0.1) is 6.20 Å². The number of rotatable bonds is 0. The van der Waals surface area contributed by atoms with Crippen LogP contribution in [0.3, 0.4) is 0 Å². The Morgan fingerprint density at radius 1 is 1.71 bits per heavy atom. The van der Waals surface area contributed by atoms with Gasteiger partial charge in [-0.3, -0.25) is 0 Å². The van der Waals surface area contributed by atoms with E-state index in [1.165, 1.54) is 6.07 Å². The number of hydrogen-bond acceptors (Lipinski definition) is 1. The molecule has 7 heavy (non-hydrogen) atoms. The fraction of sp³-hybridized carbons (Fsp3) is 0. The molecule has 0 unspecified atom stereocenters. The molecule has 1 heterocycles. The maximum atomic E-state index is 11.7. The van der Waals surface area contributed by atoms with Crippen molar-refractivity contribution in [2.45, 2.75) is 0 Å². The summed E-state index contributed by atoms with van der Waals surface area (Å²) in [7, 11) is 0. The Morgan fingerprint density at radius 2 is 2.57 bits per heavy atom. The van der Waals surface area contributed by atoms with Crippen molar-refractivity contribution in [3.63, 3.8) is 0 Å². The van der Waals surface area contributed by atoms with Gasteiger partial charge in [-0.15, -0.1) is 0 Å². The highest BCUT2D eigenvalue weighted by molar-refractivity contribution is 4.87. The highest BCUT2D eigenvalue weighted by atomic mass is 19.1. The van der Waals surface area contributed by atoms with Gasteiger partial charge in [0.15, 0.2) is 0 Å². The molecule has 0 aromatic carbocycles. The molecule has 1 aromatic rings. The van der Waals surface area contributed by atoms with E-state index in [9.17, 15) is 4.39 Å². The van der Waals surface area contributed by atoms with Crippen molar-refractivity contribution in [2.24, 2.45) is 0 Å². The highest BCUT2D eigenvalue weighted by Crippen LogP contribution is 1.84. The van der Waals surface area contributed by atoms with E-state index in [4.69, 9.17) is 0 Å². The van der Waals surface area contributed by atoms with Gasteiger partial charge in [-0.2, -0.15) is 4.39 Å². The number of pyridine rings is 1. The lowest BCUT2D eigenvalue weighted by Crippen LogP contribution is -1.75. The minimum absolute atomic E-state index is 0.539. The molecule has 1 rings (SSSR count). The lowest BCUT2D eigenvalue weighted by atomic mass is 10.5. The van der Waals surface area contributed by atoms with Crippen LogP contribution in [-0.2, 0) is 0 Å². The van der Waals surface area contributed by atoms with Crippen molar-refractivity contribution in [1.29, 1.82) is 0 Å². The second-order valence-corrected chi connectivity index (χ2v) is 1.02. The molecule has 0 saturated carbocycles. The Bertz CT molecular complexity index is 138. The number of halogens is 1. The zero-order valence-electron chi connectivity index (χ0n) is 3.48. The van der Waals surface area contributed by atoms with Gasteiger partial charge in [-0.25, -0.2) is 4.98 Å². The highest BCUT2D eigenvalue weighted by Gasteiger charge is 1.80. The van der Waals surface area contributed by atoms with Gasteiger partial charge in [-0.05, 0) is 12.1 Å². The predicted molar refractivity (Wildman–Crippen MR) is 21.9 cm³/mol. The molecular weight excluding hydrogens is 93.1 g/mol. The molecule has 34 valence electrons. The van der Waals surface area contributed by atoms with E-state index in [0.29, 0.717) is 0 Å². The summed E-state index contributed by atoms with van der Waals surface area (Å²) in [5.41, 5.74) is 0. The number of nitrogens with zero attached hydrogens (tertiary/aromatic N) is 1. The van der Waals surface area contributed by atoms with Gasteiger partial charge in [0, 0.05) is 6.07 Å². The summed E-state index contributed by atoms with van der Waals surface area (Å²) < 4.78 is 11.7. The summed E-state index contributed by atoms with van der Waals surface area (Å²) in [4.78, 5) is 3.16. The molecule has 0 atom stereocenters. The monoisotopic (exact) mass is 95.0 g/mol. The Kier molecular flexibility index (Phi) is 1.02. The summed E-state index contributed by atoms with van der Waals surface area (Å²) in [6, 6.07) is 5.04. The minimum atomic E-state index is -0.539. The maximum absolute atomic E-state index is 11.7. The number of hydrogen-bond donors (Lipinski definition) is 0. The number of aromatic nitrogens is 1. The van der Waals surface area contributed by atoms with E-state index in [1.807, 2.05) is 0 Å². The van der Waals surface area contributed by atoms with Crippen molar-refractivity contribution in [1.82, 2.24) is 4.98 Å². The van der Waals surface area contributed by atoms with E-state index in [1.54, 1.807) is 0 Å². The summed E-state index contributed by atoms with van der Waals surface area (Å²) in [6.07, 6.45) is 2.28. The van der Waals surface area contributed by atoms with Crippen molar-refractivity contribution in [2.75, 3.05) is 0 Å². The van der Waals surface area contributed by atoms with Crippen LogP contribution >= 0.6 is 0 Å². The third-order valence-electron chi connectivity index (χ3n) is 0.522. The van der Waals surface area contributed by atoms with Gasteiger partial charge >= 0.3 is 0 Å². The molecule has 1 nitrogen and oxygen atoms in total. The molecule has 0 saturated heterocycles. The molecule has 0 aliphatic heterocycles. The first-order valence-electron chi connectivity index (χ1n) is 1.79. The van der Waals surface area contributed by atoms with E-state index >= 15 is 0 Å². The fourth-order valence-electron chi connectivity index (χ4n) is 0.274. The van der Waals surface area contributed by atoms with Gasteiger partial charge in [0.2, 0.25) is 5.95 Å². The quantitative estimate of drug-likeness (QED) is 0.435. The first-order valence-corrected chi connectivity index (χ1v) is 1.79. The van der Waals surface area contributed by atoms with Crippen LogP contribution in [0.25, 0.3) is 0 Å². The van der Waals surface area contributed by atoms with E-state index in [2.05, 4.69) is 17.2 Å². The standard InChI is InChI=1S/C5H2FN/c6-5-3-1-2-4-7-5/h2-3H. The first-order chi connectivity index (χ1) is 3.39. The molecule has 1 aromatic heterocycles. The Balaban J connectivity index is 3.02. The second-order valence-electron chi connectivity index (χ2n) is 1.02. The Hall–Kier alpha value is -0.920. The van der Waals surface area contributed by atoms with Gasteiger partial charge < -0.3 is 0 Å². The molecule has 0 aliphatic rings. The van der Waals surface area contributed by atoms with E-state index < -0.39 is 5.95 Å². The van der Waals surface area contributed by atoms with Crippen LogP contribution in [0.2, 0.25) is 0 Å². The summed E-state index contributed by atoms with van der Waals surface area (Å²) in [6.45, 7) is 0. The van der Waals surface area contributed by atoms with Gasteiger partial charge in [-0.1, -0.05) is 0 Å². The SMILES string of the molecule is Fc1c[c]c[c]n1. The average molecular weight is 95.1 g/mol. The molecule has 0 spiro atoms. The average Bonchev–Trinajstić information content (AvgIpc) is 1.69. The summed E-state index contributed by atoms with van der Waals surface area (Å²) in [5.74, 6) is -0.539. The normalized spacial score (nSPS) is 8.71. The molecule has 0 aliphatic carbocycles. The van der Waals surface area contributed by atoms with Crippen LogP contribution in [-0.4, -0.2) is 4.98 Å². The third kappa shape index (κ3) is 0.961. The van der Waals surface area contributed by atoms with Crippen molar-refractivity contribution in [3.05, 3.63) is 30.3 Å². The molecular formula is C5H2FN. The van der Waals surface area contributed by atoms with Crippen LogP contribution in [0, 0.1) is 18.2 Å². The van der Waals surface area contributed by atoms with Crippen LogP contribution in [0.5, 0.6) is 0 Å². The van der Waals surface area contributed by atoms with Gasteiger partial charge in [0.1, 0.15) is 0 Å². The van der Waals surface area contributed by atoms with Crippen LogP contribution < -0.4 is 0 Å². The first kappa shape index (κ1) is 4.24. The molecule has 2 radical (unpaired) electrons. The maximum Gasteiger partial charge on any atom is 0.214 e. The smallest absolute Gasteiger partial charge is 0.214 e. The minimum Gasteiger partial charge on any atom is -0.218 e. The lowest BCUT2D eigenvalue weighted by Gasteiger charge is -1.76. The van der Waals surface area contributed by atoms with Crippen LogP contribution in [0.1, 0.15) is 0 Å².